The fraction of sp³-hybridized carbons (Fsp3) is 0.650. The van der Waals surface area contributed by atoms with Gasteiger partial charge in [-0.15, -0.1) is 0 Å². The van der Waals surface area contributed by atoms with Gasteiger partial charge < -0.3 is 4.74 Å². The second-order valence-corrected chi connectivity index (χ2v) is 7.17. The van der Waals surface area contributed by atoms with Crippen LogP contribution in [0.25, 0.3) is 0 Å². The fourth-order valence-corrected chi connectivity index (χ4v) is 4.56. The van der Waals surface area contributed by atoms with E-state index in [2.05, 4.69) is 30.3 Å². The maximum atomic E-state index is 11.0. The fourth-order valence-electron chi connectivity index (χ4n) is 4.56. The Bertz CT molecular complexity index is 466. The number of hydrogen-bond acceptors (Lipinski definition) is 2. The van der Waals surface area contributed by atoms with Crippen molar-refractivity contribution < 1.29 is 9.53 Å². The van der Waals surface area contributed by atoms with Crippen LogP contribution in [0.2, 0.25) is 0 Å². The van der Waals surface area contributed by atoms with Crippen molar-refractivity contribution in [2.75, 3.05) is 0 Å². The number of benzene rings is 1. The molecule has 0 heterocycles. The second kappa shape index (κ2) is 7.30. The first kappa shape index (κ1) is 15.6. The number of carbonyl (C=O) groups excluding carboxylic acids is 1. The van der Waals surface area contributed by atoms with Crippen molar-refractivity contribution in [2.45, 2.75) is 70.3 Å². The third-order valence-electron chi connectivity index (χ3n) is 5.76. The first-order chi connectivity index (χ1) is 10.7. The monoisotopic (exact) mass is 300 g/mol. The van der Waals surface area contributed by atoms with Gasteiger partial charge in [0.2, 0.25) is 0 Å². The van der Waals surface area contributed by atoms with Crippen molar-refractivity contribution in [3.05, 3.63) is 35.9 Å². The molecule has 0 unspecified atom stereocenters. The summed E-state index contributed by atoms with van der Waals surface area (Å²) in [6.07, 6.45) is 10.3. The SMILES string of the molecule is CC(=O)OC1CCC([C@H]2CC[C@H](c3ccccc3)CC2)CC1. The lowest BCUT2D eigenvalue weighted by Gasteiger charge is -2.37. The maximum Gasteiger partial charge on any atom is 0.302 e. The molecule has 2 aliphatic rings. The lowest BCUT2D eigenvalue weighted by molar-refractivity contribution is -0.148. The molecule has 0 amide bonds. The molecule has 3 rings (SSSR count). The molecule has 0 aliphatic heterocycles. The van der Waals surface area contributed by atoms with Crippen molar-refractivity contribution in [2.24, 2.45) is 11.8 Å². The van der Waals surface area contributed by atoms with Gasteiger partial charge in [0.1, 0.15) is 6.10 Å². The molecule has 2 aliphatic carbocycles. The van der Waals surface area contributed by atoms with Gasteiger partial charge in [0, 0.05) is 6.92 Å². The molecule has 0 atom stereocenters. The number of rotatable bonds is 3. The van der Waals surface area contributed by atoms with Crippen LogP contribution in [-0.2, 0) is 9.53 Å². The van der Waals surface area contributed by atoms with E-state index in [-0.39, 0.29) is 12.1 Å². The number of esters is 1. The van der Waals surface area contributed by atoms with Gasteiger partial charge in [0.25, 0.3) is 0 Å². The zero-order chi connectivity index (χ0) is 15.4. The Morgan fingerprint density at radius 3 is 1.95 bits per heavy atom. The molecule has 0 saturated heterocycles. The van der Waals surface area contributed by atoms with Crippen LogP contribution in [0, 0.1) is 11.8 Å². The Labute approximate surface area is 134 Å². The molecule has 0 N–H and O–H groups in total. The van der Waals surface area contributed by atoms with Crippen molar-refractivity contribution in [3.63, 3.8) is 0 Å². The van der Waals surface area contributed by atoms with Crippen molar-refractivity contribution in [1.82, 2.24) is 0 Å². The van der Waals surface area contributed by atoms with E-state index in [0.717, 1.165) is 30.6 Å². The van der Waals surface area contributed by atoms with Gasteiger partial charge in [-0.05, 0) is 74.7 Å². The first-order valence-corrected chi connectivity index (χ1v) is 8.94. The van der Waals surface area contributed by atoms with Gasteiger partial charge in [-0.2, -0.15) is 0 Å². The number of ether oxygens (including phenoxy) is 1. The number of hydrogen-bond donors (Lipinski definition) is 0. The molecule has 2 fully saturated rings. The summed E-state index contributed by atoms with van der Waals surface area (Å²) in [7, 11) is 0. The minimum absolute atomic E-state index is 0.119. The minimum atomic E-state index is -0.119. The average molecular weight is 300 g/mol. The summed E-state index contributed by atoms with van der Waals surface area (Å²) in [6.45, 7) is 1.52. The van der Waals surface area contributed by atoms with E-state index in [1.807, 2.05) is 0 Å². The molecule has 0 spiro atoms. The van der Waals surface area contributed by atoms with E-state index in [0.29, 0.717) is 0 Å². The third kappa shape index (κ3) is 3.91. The lowest BCUT2D eigenvalue weighted by Crippen LogP contribution is -2.29. The summed E-state index contributed by atoms with van der Waals surface area (Å²) in [6, 6.07) is 11.0. The molecule has 22 heavy (non-hydrogen) atoms. The topological polar surface area (TPSA) is 26.3 Å². The molecule has 2 heteroatoms. The highest BCUT2D eigenvalue weighted by molar-refractivity contribution is 5.66. The Kier molecular flexibility index (Phi) is 5.17. The van der Waals surface area contributed by atoms with E-state index in [1.54, 1.807) is 0 Å². The van der Waals surface area contributed by atoms with Gasteiger partial charge in [0.05, 0.1) is 0 Å². The summed E-state index contributed by atoms with van der Waals surface area (Å²) in [5.74, 6) is 2.42. The summed E-state index contributed by atoms with van der Waals surface area (Å²) >= 11 is 0. The molecule has 120 valence electrons. The molecule has 0 bridgehead atoms. The van der Waals surface area contributed by atoms with Crippen LogP contribution in [0.5, 0.6) is 0 Å². The highest BCUT2D eigenvalue weighted by Gasteiger charge is 2.31. The van der Waals surface area contributed by atoms with E-state index in [9.17, 15) is 4.79 Å². The highest BCUT2D eigenvalue weighted by atomic mass is 16.5. The Morgan fingerprint density at radius 2 is 1.41 bits per heavy atom. The Balaban J connectivity index is 1.45. The zero-order valence-corrected chi connectivity index (χ0v) is 13.7. The summed E-state index contributed by atoms with van der Waals surface area (Å²) in [4.78, 5) is 11.0. The smallest absolute Gasteiger partial charge is 0.302 e. The van der Waals surface area contributed by atoms with Crippen molar-refractivity contribution in [1.29, 1.82) is 0 Å². The van der Waals surface area contributed by atoms with Crippen LogP contribution >= 0.6 is 0 Å². The van der Waals surface area contributed by atoms with E-state index < -0.39 is 0 Å². The largest absolute Gasteiger partial charge is 0.463 e. The quantitative estimate of drug-likeness (QED) is 0.727. The zero-order valence-electron chi connectivity index (χ0n) is 13.7. The summed E-state index contributed by atoms with van der Waals surface area (Å²) in [5.41, 5.74) is 1.53. The Morgan fingerprint density at radius 1 is 0.864 bits per heavy atom. The normalized spacial score (nSPS) is 32.4. The van der Waals surface area contributed by atoms with Crippen LogP contribution in [0.1, 0.15) is 69.8 Å². The van der Waals surface area contributed by atoms with E-state index in [4.69, 9.17) is 4.74 Å². The van der Waals surface area contributed by atoms with Gasteiger partial charge in [0.15, 0.2) is 0 Å². The van der Waals surface area contributed by atoms with Gasteiger partial charge >= 0.3 is 5.97 Å². The highest BCUT2D eigenvalue weighted by Crippen LogP contribution is 2.43. The second-order valence-electron chi connectivity index (χ2n) is 7.17. The molecule has 0 aromatic heterocycles. The lowest BCUT2D eigenvalue weighted by atomic mass is 9.69. The number of carbonyl (C=O) groups is 1. The van der Waals surface area contributed by atoms with E-state index >= 15 is 0 Å². The molecular formula is C20H28O2. The summed E-state index contributed by atoms with van der Waals surface area (Å²) < 4.78 is 5.36. The Hall–Kier alpha value is -1.31. The minimum Gasteiger partial charge on any atom is -0.463 e. The van der Waals surface area contributed by atoms with E-state index in [1.165, 1.54) is 51.0 Å². The van der Waals surface area contributed by atoms with Crippen molar-refractivity contribution >= 4 is 5.97 Å². The van der Waals surface area contributed by atoms with Gasteiger partial charge in [-0.1, -0.05) is 30.3 Å². The van der Waals surface area contributed by atoms with Gasteiger partial charge in [-0.3, -0.25) is 4.79 Å². The van der Waals surface area contributed by atoms with Crippen LogP contribution in [-0.4, -0.2) is 12.1 Å². The first-order valence-electron chi connectivity index (χ1n) is 8.94. The standard InChI is InChI=1S/C20H28O2/c1-15(21)22-20-13-11-19(12-14-20)18-9-7-17(8-10-18)16-5-3-2-4-6-16/h2-6,17-20H,7-14H2,1H3/t17-,18-,19?,20?. The predicted octanol–water partition coefficient (Wildman–Crippen LogP) is 5.08. The van der Waals surface area contributed by atoms with Crippen LogP contribution < -0.4 is 0 Å². The maximum absolute atomic E-state index is 11.0. The molecule has 2 nitrogen and oxygen atoms in total. The van der Waals surface area contributed by atoms with Crippen LogP contribution in [0.3, 0.4) is 0 Å². The molecule has 0 radical (unpaired) electrons. The molecule has 1 aromatic rings. The molecule has 2 saturated carbocycles. The molecular weight excluding hydrogens is 272 g/mol. The van der Waals surface area contributed by atoms with Gasteiger partial charge in [-0.25, -0.2) is 0 Å². The van der Waals surface area contributed by atoms with Crippen LogP contribution in [0.15, 0.2) is 30.3 Å². The third-order valence-corrected chi connectivity index (χ3v) is 5.76. The predicted molar refractivity (Wildman–Crippen MR) is 88.7 cm³/mol. The molecule has 1 aromatic carbocycles. The summed E-state index contributed by atoms with van der Waals surface area (Å²) in [5, 5.41) is 0. The van der Waals surface area contributed by atoms with Crippen LogP contribution in [0.4, 0.5) is 0 Å². The van der Waals surface area contributed by atoms with Crippen molar-refractivity contribution in [3.8, 4) is 0 Å². The average Bonchev–Trinajstić information content (AvgIpc) is 2.56.